The molecule has 1 aliphatic rings. The van der Waals surface area contributed by atoms with Crippen LogP contribution >= 0.6 is 0 Å². The molecule has 0 aromatic carbocycles. The second kappa shape index (κ2) is 3.39. The summed E-state index contributed by atoms with van der Waals surface area (Å²) in [5.74, 6) is 0.965. The zero-order valence-electron chi connectivity index (χ0n) is 9.06. The lowest BCUT2D eigenvalue weighted by Gasteiger charge is -2.19. The number of hydrogen-bond acceptors (Lipinski definition) is 2. The Labute approximate surface area is 85.1 Å². The molecule has 3 nitrogen and oxygen atoms in total. The first kappa shape index (κ1) is 9.71. The number of rotatable bonds is 2. The molecule has 78 valence electrons. The van der Waals surface area contributed by atoms with E-state index in [2.05, 4.69) is 16.9 Å². The number of nitrogens with zero attached hydrogens (tertiary/aromatic N) is 1. The van der Waals surface area contributed by atoms with Crippen LogP contribution in [0.15, 0.2) is 0 Å². The van der Waals surface area contributed by atoms with Crippen LogP contribution in [-0.2, 0) is 18.4 Å². The average molecular weight is 193 g/mol. The third kappa shape index (κ3) is 1.57. The molecule has 0 radical (unpaired) electrons. The minimum Gasteiger partial charge on any atom is -0.344 e. The fourth-order valence-corrected chi connectivity index (χ4v) is 1.89. The second-order valence-corrected chi connectivity index (χ2v) is 4.49. The molecule has 0 amide bonds. The Morgan fingerprint density at radius 2 is 2.14 bits per heavy atom. The van der Waals surface area contributed by atoms with Crippen LogP contribution in [0.2, 0.25) is 0 Å². The van der Waals surface area contributed by atoms with Gasteiger partial charge in [0.25, 0.3) is 0 Å². The quantitative estimate of drug-likeness (QED) is 0.753. The van der Waals surface area contributed by atoms with E-state index in [-0.39, 0.29) is 5.54 Å². The Hall–Kier alpha value is -0.830. The van der Waals surface area contributed by atoms with Crippen molar-refractivity contribution in [3.63, 3.8) is 0 Å². The van der Waals surface area contributed by atoms with Crippen molar-refractivity contribution in [3.8, 4) is 0 Å². The molecule has 1 aliphatic carbocycles. The molecular weight excluding hydrogens is 174 g/mol. The molecule has 0 saturated heterocycles. The minimum atomic E-state index is -0.294. The van der Waals surface area contributed by atoms with Gasteiger partial charge in [0.1, 0.15) is 5.82 Å². The van der Waals surface area contributed by atoms with Crippen LogP contribution in [0.4, 0.5) is 0 Å². The molecule has 2 rings (SSSR count). The average Bonchev–Trinajstić information content (AvgIpc) is 2.61. The van der Waals surface area contributed by atoms with E-state index >= 15 is 0 Å². The first-order chi connectivity index (χ1) is 6.63. The van der Waals surface area contributed by atoms with Gasteiger partial charge in [-0.3, -0.25) is 0 Å². The number of nitrogens with one attached hydrogen (secondary N) is 1. The lowest BCUT2D eigenvalue weighted by Crippen LogP contribution is -2.33. The van der Waals surface area contributed by atoms with Crippen molar-refractivity contribution in [2.24, 2.45) is 5.73 Å². The third-order valence-electron chi connectivity index (χ3n) is 3.23. The number of H-pyrrole nitrogens is 1. The number of imidazole rings is 1. The summed E-state index contributed by atoms with van der Waals surface area (Å²) >= 11 is 0. The van der Waals surface area contributed by atoms with E-state index in [0.29, 0.717) is 0 Å². The lowest BCUT2D eigenvalue weighted by molar-refractivity contribution is 0.449. The Kier molecular flexibility index (Phi) is 2.35. The fraction of sp³-hybridized carbons (Fsp3) is 0.727. The van der Waals surface area contributed by atoms with Gasteiger partial charge >= 0.3 is 0 Å². The Balaban J connectivity index is 2.32. The van der Waals surface area contributed by atoms with Crippen LogP contribution in [0.1, 0.15) is 50.3 Å². The van der Waals surface area contributed by atoms with E-state index in [4.69, 9.17) is 5.73 Å². The molecule has 1 aromatic rings. The van der Waals surface area contributed by atoms with E-state index in [9.17, 15) is 0 Å². The Bertz CT molecular complexity index is 302. The zero-order valence-corrected chi connectivity index (χ0v) is 9.06. The number of aryl methyl sites for hydroxylation is 2. The molecule has 0 saturated carbocycles. The summed E-state index contributed by atoms with van der Waals surface area (Å²) in [6.07, 6.45) is 5.72. The number of hydrogen-bond donors (Lipinski definition) is 2. The lowest BCUT2D eigenvalue weighted by atomic mass is 10.0. The molecule has 0 bridgehead atoms. The van der Waals surface area contributed by atoms with Gasteiger partial charge in [-0.05, 0) is 39.0 Å². The molecular formula is C11H19N3. The van der Waals surface area contributed by atoms with Crippen LogP contribution in [0.3, 0.4) is 0 Å². The molecule has 0 aliphatic heterocycles. The van der Waals surface area contributed by atoms with Crippen molar-refractivity contribution in [2.45, 2.75) is 51.5 Å². The maximum Gasteiger partial charge on any atom is 0.126 e. The smallest absolute Gasteiger partial charge is 0.126 e. The molecule has 3 N–H and O–H groups in total. The maximum atomic E-state index is 6.16. The SMILES string of the molecule is CCC(C)(N)c1nc2c([nH]1)CCCC2. The molecule has 0 spiro atoms. The minimum absolute atomic E-state index is 0.294. The fourth-order valence-electron chi connectivity index (χ4n) is 1.89. The largest absolute Gasteiger partial charge is 0.344 e. The van der Waals surface area contributed by atoms with Crippen LogP contribution < -0.4 is 5.73 Å². The van der Waals surface area contributed by atoms with Gasteiger partial charge in [0.05, 0.1) is 11.2 Å². The summed E-state index contributed by atoms with van der Waals surface area (Å²) in [5.41, 5.74) is 8.42. The number of aromatic nitrogens is 2. The van der Waals surface area contributed by atoms with E-state index in [1.54, 1.807) is 0 Å². The molecule has 0 fully saturated rings. The van der Waals surface area contributed by atoms with E-state index in [0.717, 1.165) is 25.1 Å². The molecule has 3 heteroatoms. The molecule has 1 atom stereocenters. The predicted octanol–water partition coefficient (Wildman–Crippen LogP) is 1.87. The number of nitrogens with two attached hydrogens (primary N) is 1. The normalized spacial score (nSPS) is 20.2. The van der Waals surface area contributed by atoms with Crippen molar-refractivity contribution in [2.75, 3.05) is 0 Å². The van der Waals surface area contributed by atoms with Crippen LogP contribution in [-0.4, -0.2) is 9.97 Å². The first-order valence-electron chi connectivity index (χ1n) is 5.50. The number of aromatic amines is 1. The Morgan fingerprint density at radius 1 is 1.43 bits per heavy atom. The first-order valence-corrected chi connectivity index (χ1v) is 5.50. The summed E-state index contributed by atoms with van der Waals surface area (Å²) in [5, 5.41) is 0. The molecule has 1 heterocycles. The summed E-state index contributed by atoms with van der Waals surface area (Å²) in [7, 11) is 0. The van der Waals surface area contributed by atoms with Crippen LogP contribution in [0.25, 0.3) is 0 Å². The highest BCUT2D eigenvalue weighted by Crippen LogP contribution is 2.24. The molecule has 14 heavy (non-hydrogen) atoms. The zero-order chi connectivity index (χ0) is 10.2. The molecule has 1 unspecified atom stereocenters. The van der Waals surface area contributed by atoms with Crippen LogP contribution in [0.5, 0.6) is 0 Å². The van der Waals surface area contributed by atoms with Crippen molar-refractivity contribution in [3.05, 3.63) is 17.2 Å². The van der Waals surface area contributed by atoms with E-state index < -0.39 is 0 Å². The van der Waals surface area contributed by atoms with Gasteiger partial charge in [-0.25, -0.2) is 4.98 Å². The highest BCUT2D eigenvalue weighted by molar-refractivity contribution is 5.20. The van der Waals surface area contributed by atoms with Gasteiger partial charge < -0.3 is 10.7 Å². The van der Waals surface area contributed by atoms with E-state index in [1.807, 2.05) is 6.92 Å². The summed E-state index contributed by atoms with van der Waals surface area (Å²) < 4.78 is 0. The summed E-state index contributed by atoms with van der Waals surface area (Å²) in [6.45, 7) is 4.14. The monoisotopic (exact) mass is 193 g/mol. The van der Waals surface area contributed by atoms with Gasteiger partial charge in [0.15, 0.2) is 0 Å². The van der Waals surface area contributed by atoms with Gasteiger partial charge in [0.2, 0.25) is 0 Å². The topological polar surface area (TPSA) is 54.7 Å². The maximum absolute atomic E-state index is 6.16. The van der Waals surface area contributed by atoms with Gasteiger partial charge in [-0.15, -0.1) is 0 Å². The van der Waals surface area contributed by atoms with Crippen LogP contribution in [0, 0.1) is 0 Å². The van der Waals surface area contributed by atoms with E-state index in [1.165, 1.54) is 24.2 Å². The van der Waals surface area contributed by atoms with Crippen molar-refractivity contribution >= 4 is 0 Å². The second-order valence-electron chi connectivity index (χ2n) is 4.49. The van der Waals surface area contributed by atoms with Gasteiger partial charge in [-0.2, -0.15) is 0 Å². The van der Waals surface area contributed by atoms with Crippen molar-refractivity contribution in [1.82, 2.24) is 9.97 Å². The van der Waals surface area contributed by atoms with Gasteiger partial charge in [0, 0.05) is 5.69 Å². The van der Waals surface area contributed by atoms with Crippen molar-refractivity contribution in [1.29, 1.82) is 0 Å². The summed E-state index contributed by atoms with van der Waals surface area (Å²) in [6, 6.07) is 0. The predicted molar refractivity (Wildman–Crippen MR) is 57.1 cm³/mol. The standard InChI is InChI=1S/C11H19N3/c1-3-11(2,12)10-13-8-6-4-5-7-9(8)14-10/h3-7,12H2,1-2H3,(H,13,14). The highest BCUT2D eigenvalue weighted by atomic mass is 15.0. The third-order valence-corrected chi connectivity index (χ3v) is 3.23. The molecule has 1 aromatic heterocycles. The highest BCUT2D eigenvalue weighted by Gasteiger charge is 2.25. The number of fused-ring (bicyclic) bond motifs is 1. The van der Waals surface area contributed by atoms with Gasteiger partial charge in [-0.1, -0.05) is 6.92 Å². The Morgan fingerprint density at radius 3 is 2.79 bits per heavy atom. The summed E-state index contributed by atoms with van der Waals surface area (Å²) in [4.78, 5) is 8.00. The van der Waals surface area contributed by atoms with Crippen molar-refractivity contribution < 1.29 is 0 Å².